The van der Waals surface area contributed by atoms with Crippen LogP contribution >= 0.6 is 0 Å². The van der Waals surface area contributed by atoms with Crippen molar-refractivity contribution in [1.82, 2.24) is 14.9 Å². The second-order valence-electron chi connectivity index (χ2n) is 7.39. The van der Waals surface area contributed by atoms with Crippen LogP contribution in [0.15, 0.2) is 29.1 Å². The van der Waals surface area contributed by atoms with Gasteiger partial charge in [-0.05, 0) is 43.2 Å². The fourth-order valence-corrected chi connectivity index (χ4v) is 3.45. The van der Waals surface area contributed by atoms with E-state index in [-0.39, 0.29) is 11.5 Å². The van der Waals surface area contributed by atoms with Gasteiger partial charge in [-0.25, -0.2) is 4.98 Å². The number of hydrogen-bond acceptors (Lipinski definition) is 3. The van der Waals surface area contributed by atoms with E-state index >= 15 is 0 Å². The van der Waals surface area contributed by atoms with E-state index in [4.69, 9.17) is 0 Å². The Kier molecular flexibility index (Phi) is 5.55. The van der Waals surface area contributed by atoms with Crippen LogP contribution in [0.4, 0.5) is 0 Å². The van der Waals surface area contributed by atoms with E-state index < -0.39 is 0 Å². The van der Waals surface area contributed by atoms with Crippen molar-refractivity contribution in [3.8, 4) is 0 Å². The number of nitrogens with zero attached hydrogens (tertiary/aromatic N) is 2. The SMILES string of the molecule is Cc1nc2c(c(=O)[nH]1)CCN(C(=O)CCCc1ccc(C(C)C)cc1)C2. The quantitative estimate of drug-likeness (QED) is 0.898. The number of H-pyrrole nitrogens is 1. The van der Waals surface area contributed by atoms with E-state index in [0.717, 1.165) is 24.1 Å². The summed E-state index contributed by atoms with van der Waals surface area (Å²) in [6.07, 6.45) is 2.86. The van der Waals surface area contributed by atoms with Gasteiger partial charge in [-0.15, -0.1) is 0 Å². The van der Waals surface area contributed by atoms with Crippen LogP contribution in [0.25, 0.3) is 0 Å². The van der Waals surface area contributed by atoms with Gasteiger partial charge in [-0.3, -0.25) is 9.59 Å². The first-order valence-electron chi connectivity index (χ1n) is 9.39. The molecule has 2 aromatic rings. The van der Waals surface area contributed by atoms with Crippen LogP contribution in [0.5, 0.6) is 0 Å². The lowest BCUT2D eigenvalue weighted by Gasteiger charge is -2.27. The summed E-state index contributed by atoms with van der Waals surface area (Å²) in [6, 6.07) is 8.68. The van der Waals surface area contributed by atoms with E-state index in [0.29, 0.717) is 37.7 Å². The highest BCUT2D eigenvalue weighted by Crippen LogP contribution is 2.17. The lowest BCUT2D eigenvalue weighted by Crippen LogP contribution is -2.39. The molecular weight excluding hydrogens is 326 g/mol. The fourth-order valence-electron chi connectivity index (χ4n) is 3.45. The molecule has 0 fully saturated rings. The molecule has 0 unspecified atom stereocenters. The number of fused-ring (bicyclic) bond motifs is 1. The Morgan fingerprint density at radius 1 is 1.27 bits per heavy atom. The third-order valence-corrected chi connectivity index (χ3v) is 5.05. The van der Waals surface area contributed by atoms with E-state index in [1.807, 2.05) is 4.90 Å². The molecular formula is C21H27N3O2. The molecule has 1 aromatic carbocycles. The summed E-state index contributed by atoms with van der Waals surface area (Å²) in [7, 11) is 0. The predicted molar refractivity (Wildman–Crippen MR) is 102 cm³/mol. The summed E-state index contributed by atoms with van der Waals surface area (Å²) < 4.78 is 0. The molecule has 1 N–H and O–H groups in total. The maximum atomic E-state index is 12.5. The Balaban J connectivity index is 1.53. The Morgan fingerprint density at radius 3 is 2.69 bits per heavy atom. The van der Waals surface area contributed by atoms with Crippen LogP contribution in [0.1, 0.15) is 60.8 Å². The number of amides is 1. The monoisotopic (exact) mass is 353 g/mol. The third-order valence-electron chi connectivity index (χ3n) is 5.05. The van der Waals surface area contributed by atoms with Crippen LogP contribution in [-0.4, -0.2) is 27.3 Å². The predicted octanol–water partition coefficient (Wildman–Crippen LogP) is 3.11. The molecule has 0 saturated carbocycles. The van der Waals surface area contributed by atoms with Crippen molar-refractivity contribution in [3.05, 3.63) is 62.8 Å². The number of aryl methyl sites for hydroxylation is 2. The molecule has 1 aromatic heterocycles. The summed E-state index contributed by atoms with van der Waals surface area (Å²) >= 11 is 0. The molecule has 0 saturated heterocycles. The molecule has 3 rings (SSSR count). The smallest absolute Gasteiger partial charge is 0.254 e. The van der Waals surface area contributed by atoms with E-state index in [2.05, 4.69) is 48.1 Å². The molecule has 0 bridgehead atoms. The van der Waals surface area contributed by atoms with E-state index in [1.165, 1.54) is 11.1 Å². The highest BCUT2D eigenvalue weighted by molar-refractivity contribution is 5.76. The molecule has 138 valence electrons. The largest absolute Gasteiger partial charge is 0.336 e. The zero-order chi connectivity index (χ0) is 18.7. The van der Waals surface area contributed by atoms with Gasteiger partial charge in [0.15, 0.2) is 0 Å². The van der Waals surface area contributed by atoms with Crippen molar-refractivity contribution in [2.45, 2.75) is 58.9 Å². The lowest BCUT2D eigenvalue weighted by atomic mass is 9.99. The summed E-state index contributed by atoms with van der Waals surface area (Å²) in [5.41, 5.74) is 4.02. The number of hydrogen-bond donors (Lipinski definition) is 1. The number of carbonyl (C=O) groups excluding carboxylic acids is 1. The van der Waals surface area contributed by atoms with Crippen LogP contribution in [-0.2, 0) is 24.2 Å². The van der Waals surface area contributed by atoms with Gasteiger partial charge < -0.3 is 9.88 Å². The van der Waals surface area contributed by atoms with Crippen molar-refractivity contribution in [2.24, 2.45) is 0 Å². The van der Waals surface area contributed by atoms with Crippen molar-refractivity contribution < 1.29 is 4.79 Å². The maximum absolute atomic E-state index is 12.5. The Hall–Kier alpha value is -2.43. The van der Waals surface area contributed by atoms with Crippen LogP contribution < -0.4 is 5.56 Å². The standard InChI is InChI=1S/C21H27N3O2/c1-14(2)17-9-7-16(8-10-17)5-4-6-20(25)24-12-11-18-19(13-24)22-15(3)23-21(18)26/h7-10,14H,4-6,11-13H2,1-3H3,(H,22,23,26). The minimum Gasteiger partial charge on any atom is -0.336 e. The summed E-state index contributed by atoms with van der Waals surface area (Å²) in [4.78, 5) is 33.5. The molecule has 0 spiro atoms. The first-order valence-corrected chi connectivity index (χ1v) is 9.39. The molecule has 1 aliphatic heterocycles. The second-order valence-corrected chi connectivity index (χ2v) is 7.39. The number of aromatic amines is 1. The normalized spacial score (nSPS) is 13.8. The van der Waals surface area contributed by atoms with Gasteiger partial charge >= 0.3 is 0 Å². The maximum Gasteiger partial charge on any atom is 0.254 e. The number of benzene rings is 1. The van der Waals surface area contributed by atoms with Gasteiger partial charge in [0.1, 0.15) is 5.82 Å². The molecule has 2 heterocycles. The number of carbonyl (C=O) groups is 1. The topological polar surface area (TPSA) is 66.1 Å². The second kappa shape index (κ2) is 7.85. The van der Waals surface area contributed by atoms with Crippen LogP contribution in [0, 0.1) is 6.92 Å². The molecule has 0 atom stereocenters. The van der Waals surface area contributed by atoms with Gasteiger partial charge in [0, 0.05) is 18.5 Å². The zero-order valence-electron chi connectivity index (χ0n) is 15.8. The minimum atomic E-state index is -0.0653. The molecule has 0 aliphatic carbocycles. The Morgan fingerprint density at radius 2 is 2.00 bits per heavy atom. The Labute approximate surface area is 154 Å². The molecule has 0 radical (unpaired) electrons. The van der Waals surface area contributed by atoms with Gasteiger partial charge in [0.25, 0.3) is 5.56 Å². The number of aromatic nitrogens is 2. The fraction of sp³-hybridized carbons (Fsp3) is 0.476. The molecule has 5 nitrogen and oxygen atoms in total. The summed E-state index contributed by atoms with van der Waals surface area (Å²) in [5.74, 6) is 1.29. The van der Waals surface area contributed by atoms with Crippen molar-refractivity contribution >= 4 is 5.91 Å². The van der Waals surface area contributed by atoms with Crippen molar-refractivity contribution in [1.29, 1.82) is 0 Å². The average molecular weight is 353 g/mol. The van der Waals surface area contributed by atoms with Gasteiger partial charge in [0.2, 0.25) is 5.91 Å². The van der Waals surface area contributed by atoms with Gasteiger partial charge in [0.05, 0.1) is 12.2 Å². The van der Waals surface area contributed by atoms with Crippen LogP contribution in [0.3, 0.4) is 0 Å². The van der Waals surface area contributed by atoms with E-state index in [1.54, 1.807) is 6.92 Å². The van der Waals surface area contributed by atoms with Gasteiger partial charge in [-0.1, -0.05) is 38.1 Å². The Bertz CT molecular complexity index is 837. The molecule has 26 heavy (non-hydrogen) atoms. The first-order chi connectivity index (χ1) is 12.4. The third kappa shape index (κ3) is 4.21. The van der Waals surface area contributed by atoms with Gasteiger partial charge in [-0.2, -0.15) is 0 Å². The molecule has 5 heteroatoms. The average Bonchev–Trinajstić information content (AvgIpc) is 2.61. The minimum absolute atomic E-state index is 0.0653. The number of rotatable bonds is 5. The molecule has 1 aliphatic rings. The summed E-state index contributed by atoms with van der Waals surface area (Å²) in [5, 5.41) is 0. The van der Waals surface area contributed by atoms with Crippen molar-refractivity contribution in [3.63, 3.8) is 0 Å². The number of nitrogens with one attached hydrogen (secondary N) is 1. The summed E-state index contributed by atoms with van der Waals surface area (Å²) in [6.45, 7) is 7.20. The molecule has 1 amide bonds. The highest BCUT2D eigenvalue weighted by Gasteiger charge is 2.23. The zero-order valence-corrected chi connectivity index (χ0v) is 15.8. The highest BCUT2D eigenvalue weighted by atomic mass is 16.2. The lowest BCUT2D eigenvalue weighted by molar-refractivity contribution is -0.132. The van der Waals surface area contributed by atoms with E-state index in [9.17, 15) is 9.59 Å². The van der Waals surface area contributed by atoms with Crippen LogP contribution in [0.2, 0.25) is 0 Å². The van der Waals surface area contributed by atoms with Crippen molar-refractivity contribution in [2.75, 3.05) is 6.54 Å². The first kappa shape index (κ1) is 18.4.